The monoisotopic (exact) mass is 1290 g/mol. The van der Waals surface area contributed by atoms with E-state index in [0.29, 0.717) is 45.9 Å². The number of pyridine rings is 4. The smallest absolute Gasteiger partial charge is 0.169 e. The summed E-state index contributed by atoms with van der Waals surface area (Å²) in [6.45, 7) is 13.1. The molecule has 4 aromatic carbocycles. The van der Waals surface area contributed by atoms with Crippen molar-refractivity contribution in [3.63, 3.8) is 0 Å². The summed E-state index contributed by atoms with van der Waals surface area (Å²) in [7, 11) is 0. The second-order valence-electron chi connectivity index (χ2n) is 24.2. The molecule has 0 fully saturated rings. The third-order valence-electron chi connectivity index (χ3n) is 17.2. The summed E-state index contributed by atoms with van der Waals surface area (Å²) in [6.07, 6.45) is 37.4. The lowest BCUT2D eigenvalue weighted by Crippen LogP contribution is -2.32. The van der Waals surface area contributed by atoms with E-state index in [1.54, 1.807) is 47.0 Å². The van der Waals surface area contributed by atoms with Gasteiger partial charge in [-0.15, -0.1) is 0 Å². The van der Waals surface area contributed by atoms with Gasteiger partial charge in [0.2, 0.25) is 0 Å². The normalized spacial score (nSPS) is 11.9. The van der Waals surface area contributed by atoms with Crippen LogP contribution < -0.4 is 18.3 Å². The molecular formula is C76H82N12S4+4. The molecule has 92 heavy (non-hydrogen) atoms. The number of aromatic nitrogens is 12. The van der Waals surface area contributed by atoms with E-state index in [9.17, 15) is 0 Å². The number of rotatable bonds is 28. The molecule has 0 atom stereocenters. The van der Waals surface area contributed by atoms with E-state index in [-0.39, 0.29) is 0 Å². The van der Waals surface area contributed by atoms with Gasteiger partial charge in [0.25, 0.3) is 0 Å². The lowest BCUT2D eigenvalue weighted by atomic mass is 10.1. The molecule has 0 radical (unpaired) electrons. The van der Waals surface area contributed by atoms with E-state index in [4.69, 9.17) is 29.9 Å². The van der Waals surface area contributed by atoms with Gasteiger partial charge < -0.3 is 9.97 Å². The topological polar surface area (TPSA) is 124 Å². The average Bonchev–Trinajstić information content (AvgIpc) is 1.63. The van der Waals surface area contributed by atoms with Gasteiger partial charge >= 0.3 is 0 Å². The highest BCUT2D eigenvalue weighted by Gasteiger charge is 2.25. The molecule has 0 aliphatic carbocycles. The first kappa shape index (κ1) is 63.0. The Balaban J connectivity index is 0.948. The standard InChI is InChI=1S/C76H82N12S4/c1-5-9-13-17-37-85-41-29-53(30-42-85)89-57-21-25-61-65(49-57)73-77-69(61)82-74-67-51-59(91-55-33-45-87(46-34-55)39-19-15-11-7-3)23-27-63(67)71(79-74)84-76-68-52-60(92-56-35-47-88(48-36-56)40-20-16-12-8-4)24-28-64(68)72(80-76)83-75-66-50-58(22-26-62(66)70(78-75)81-73)90-54-31-43-86(44-32-54)38-18-14-10-6-2/h21-36,41-52H,5-20,37-40H2,1-4H3,(H2,77,78,79,80,81,82,83,84)/q+4. The van der Waals surface area contributed by atoms with Gasteiger partial charge in [-0.25, -0.2) is 48.2 Å². The van der Waals surface area contributed by atoms with E-state index >= 15 is 0 Å². The SMILES string of the molecule is CCCCCC[n+]1ccc(Sc2ccc3c(c2)-c2nc-3nc3[nH]c(nc4nc(nc5[nH]c(n2)c2ccc(Sc6cc[n+](CCCCCC)cc6)cc52)-c2ccc(Sc5cc[n+](CCCCCC)cc5)cc2-4)c2ccc(Sc4cc[n+](CCCCCC)cc4)cc32)cc1. The van der Waals surface area contributed by atoms with E-state index in [0.717, 1.165) is 89.6 Å². The van der Waals surface area contributed by atoms with Crippen molar-refractivity contribution in [3.05, 3.63) is 171 Å². The molecule has 12 nitrogen and oxygen atoms in total. The molecule has 0 saturated carbocycles. The fourth-order valence-corrected chi connectivity index (χ4v) is 15.4. The Morgan fingerprint density at radius 3 is 0.837 bits per heavy atom. The number of H-pyrrole nitrogens is 2. The Morgan fingerprint density at radius 1 is 0.261 bits per heavy atom. The van der Waals surface area contributed by atoms with Gasteiger partial charge in [-0.1, -0.05) is 126 Å². The third kappa shape index (κ3) is 15.3. The lowest BCUT2D eigenvalue weighted by molar-refractivity contribution is -0.697. The van der Waals surface area contributed by atoms with Crippen LogP contribution in [0.3, 0.4) is 0 Å². The van der Waals surface area contributed by atoms with Crippen LogP contribution in [-0.4, -0.2) is 39.9 Å². The van der Waals surface area contributed by atoms with E-state index in [1.165, 1.54) is 122 Å². The van der Waals surface area contributed by atoms with Crippen molar-refractivity contribution in [2.45, 2.75) is 196 Å². The van der Waals surface area contributed by atoms with Gasteiger partial charge in [0, 0.05) is 157 Å². The summed E-state index contributed by atoms with van der Waals surface area (Å²) in [6, 6.07) is 44.1. The summed E-state index contributed by atoms with van der Waals surface area (Å²) in [5.74, 6) is 2.28. The van der Waals surface area contributed by atoms with Gasteiger partial charge in [0.05, 0.1) is 0 Å². The molecule has 9 heterocycles. The maximum atomic E-state index is 5.51. The molecule has 0 spiro atoms. The highest BCUT2D eigenvalue weighted by atomic mass is 32.2. The number of fused-ring (bicyclic) bond motifs is 20. The van der Waals surface area contributed by atoms with Crippen LogP contribution >= 0.6 is 47.0 Å². The molecule has 8 bridgehead atoms. The van der Waals surface area contributed by atoms with Crippen LogP contribution in [0.4, 0.5) is 0 Å². The number of nitrogens with zero attached hydrogens (tertiary/aromatic N) is 10. The Kier molecular flexibility index (Phi) is 20.8. The van der Waals surface area contributed by atoms with Gasteiger partial charge in [0.15, 0.2) is 72.9 Å². The number of aryl methyl sites for hydroxylation is 4. The molecule has 2 aliphatic heterocycles. The number of unbranched alkanes of at least 4 members (excludes halogenated alkanes) is 12. The highest BCUT2D eigenvalue weighted by molar-refractivity contribution is 8.00. The number of benzene rings is 4. The van der Waals surface area contributed by atoms with E-state index in [1.807, 2.05) is 0 Å². The van der Waals surface area contributed by atoms with Crippen molar-refractivity contribution in [2.75, 3.05) is 0 Å². The molecule has 0 amide bonds. The van der Waals surface area contributed by atoms with Crippen LogP contribution in [-0.2, 0) is 26.2 Å². The summed E-state index contributed by atoms with van der Waals surface area (Å²) < 4.78 is 9.18. The fourth-order valence-electron chi connectivity index (χ4n) is 12.0. The van der Waals surface area contributed by atoms with Crippen molar-refractivity contribution in [2.24, 2.45) is 0 Å². The first-order valence-electron chi connectivity index (χ1n) is 33.4. The zero-order valence-corrected chi connectivity index (χ0v) is 56.7. The van der Waals surface area contributed by atoms with Gasteiger partial charge in [0.1, 0.15) is 48.8 Å². The lowest BCUT2D eigenvalue weighted by Gasteiger charge is -2.05. The third-order valence-corrected chi connectivity index (χ3v) is 21.2. The van der Waals surface area contributed by atoms with Gasteiger partial charge in [-0.3, -0.25) is 0 Å². The molecule has 2 N–H and O–H groups in total. The van der Waals surface area contributed by atoms with E-state index in [2.05, 4.69) is 227 Å². The van der Waals surface area contributed by atoms with Crippen molar-refractivity contribution in [1.82, 2.24) is 39.9 Å². The molecular weight excluding hydrogens is 1210 g/mol. The molecule has 0 saturated heterocycles. The minimum absolute atomic E-state index is 0.568. The fraction of sp³-hybridized carbons (Fsp3) is 0.316. The molecule has 2 aliphatic rings. The molecule has 0 unspecified atom stereocenters. The second-order valence-corrected chi connectivity index (χ2v) is 28.8. The largest absolute Gasteiger partial charge is 0.324 e. The number of hydrogen-bond donors (Lipinski definition) is 2. The second kappa shape index (κ2) is 30.3. The highest BCUT2D eigenvalue weighted by Crippen LogP contribution is 2.43. The van der Waals surface area contributed by atoms with Crippen LogP contribution in [0.2, 0.25) is 0 Å². The van der Waals surface area contributed by atoms with Crippen molar-refractivity contribution >= 4 is 91.2 Å². The quantitative estimate of drug-likeness (QED) is 0.0362. The number of nitrogens with one attached hydrogen (secondary N) is 2. The molecule has 13 rings (SSSR count). The van der Waals surface area contributed by atoms with Crippen LogP contribution in [0, 0.1) is 0 Å². The summed E-state index contributed by atoms with van der Waals surface area (Å²) in [5, 5.41) is 3.72. The maximum absolute atomic E-state index is 5.51. The first-order chi connectivity index (χ1) is 45.3. The number of hydrogen-bond acceptors (Lipinski definition) is 10. The zero-order chi connectivity index (χ0) is 62.6. The summed E-state index contributed by atoms with van der Waals surface area (Å²) in [4.78, 5) is 49.3. The van der Waals surface area contributed by atoms with Gasteiger partial charge in [-0.2, -0.15) is 0 Å². The molecule has 466 valence electrons. The summed E-state index contributed by atoms with van der Waals surface area (Å²) in [5.41, 5.74) is 6.24. The maximum Gasteiger partial charge on any atom is 0.169 e. The van der Waals surface area contributed by atoms with Crippen LogP contribution in [0.5, 0.6) is 0 Å². The van der Waals surface area contributed by atoms with Gasteiger partial charge in [-0.05, 0) is 98.5 Å². The summed E-state index contributed by atoms with van der Waals surface area (Å²) >= 11 is 6.97. The Morgan fingerprint density at radius 2 is 0.533 bits per heavy atom. The van der Waals surface area contributed by atoms with E-state index < -0.39 is 0 Å². The molecule has 11 aromatic rings. The predicted molar refractivity (Wildman–Crippen MR) is 376 cm³/mol. The first-order valence-corrected chi connectivity index (χ1v) is 36.7. The average molecular weight is 1290 g/mol. The Labute approximate surface area is 557 Å². The minimum Gasteiger partial charge on any atom is -0.324 e. The van der Waals surface area contributed by atoms with Crippen molar-refractivity contribution in [3.8, 4) is 45.6 Å². The molecule has 7 aromatic heterocycles. The van der Waals surface area contributed by atoms with Crippen molar-refractivity contribution < 1.29 is 18.3 Å². The van der Waals surface area contributed by atoms with Crippen LogP contribution in [0.15, 0.2) is 210 Å². The predicted octanol–water partition coefficient (Wildman–Crippen LogP) is 18.9. The minimum atomic E-state index is 0.568. The van der Waals surface area contributed by atoms with Crippen molar-refractivity contribution in [1.29, 1.82) is 0 Å². The Hall–Kier alpha value is -7.76. The zero-order valence-electron chi connectivity index (χ0n) is 53.4. The van der Waals surface area contributed by atoms with Crippen LogP contribution in [0.1, 0.15) is 130 Å². The molecule has 16 heteroatoms. The number of aromatic amines is 2. The Bertz CT molecular complexity index is 4240. The van der Waals surface area contributed by atoms with Crippen LogP contribution in [0.25, 0.3) is 89.7 Å².